The predicted octanol–water partition coefficient (Wildman–Crippen LogP) is 5.37. The summed E-state index contributed by atoms with van der Waals surface area (Å²) in [6.45, 7) is 0.610. The zero-order valence-electron chi connectivity index (χ0n) is 15.7. The van der Waals surface area contributed by atoms with Gasteiger partial charge < -0.3 is 9.88 Å². The van der Waals surface area contributed by atoms with Crippen LogP contribution in [0.15, 0.2) is 97.6 Å². The molecular formula is C24H20ClN3O. The summed E-state index contributed by atoms with van der Waals surface area (Å²) in [7, 11) is 0. The van der Waals surface area contributed by atoms with Gasteiger partial charge in [0.15, 0.2) is 0 Å². The van der Waals surface area contributed by atoms with Crippen LogP contribution in [0.4, 0.5) is 0 Å². The van der Waals surface area contributed by atoms with Gasteiger partial charge in [0.25, 0.3) is 5.91 Å². The summed E-state index contributed by atoms with van der Waals surface area (Å²) in [5, 5.41) is 3.85. The zero-order valence-corrected chi connectivity index (χ0v) is 16.5. The van der Waals surface area contributed by atoms with Crippen LogP contribution >= 0.6 is 11.6 Å². The van der Waals surface area contributed by atoms with Crippen LogP contribution in [0.1, 0.15) is 22.0 Å². The van der Waals surface area contributed by atoms with E-state index in [1.54, 1.807) is 12.5 Å². The first-order valence-corrected chi connectivity index (χ1v) is 9.74. The quantitative estimate of drug-likeness (QED) is 0.471. The van der Waals surface area contributed by atoms with Crippen LogP contribution in [-0.4, -0.2) is 15.5 Å². The molecule has 0 saturated carbocycles. The second-order valence-corrected chi connectivity index (χ2v) is 7.22. The van der Waals surface area contributed by atoms with Crippen molar-refractivity contribution >= 4 is 17.5 Å². The summed E-state index contributed by atoms with van der Waals surface area (Å²) in [4.78, 5) is 17.0. The van der Waals surface area contributed by atoms with Gasteiger partial charge in [0.1, 0.15) is 0 Å². The lowest BCUT2D eigenvalue weighted by Crippen LogP contribution is -2.31. The maximum atomic E-state index is 12.9. The summed E-state index contributed by atoms with van der Waals surface area (Å²) >= 11 is 5.96. The molecule has 29 heavy (non-hydrogen) atoms. The van der Waals surface area contributed by atoms with Gasteiger partial charge in [-0.15, -0.1) is 0 Å². The van der Waals surface area contributed by atoms with Crippen LogP contribution in [0, 0.1) is 0 Å². The summed E-state index contributed by atoms with van der Waals surface area (Å²) in [5.41, 5.74) is 3.77. The van der Waals surface area contributed by atoms with Crippen molar-refractivity contribution in [2.24, 2.45) is 0 Å². The Labute approximate surface area is 174 Å². The summed E-state index contributed by atoms with van der Waals surface area (Å²) in [5.74, 6) is -0.110. The Morgan fingerprint density at radius 1 is 0.931 bits per heavy atom. The third kappa shape index (κ3) is 4.73. The Kier molecular flexibility index (Phi) is 5.73. The highest BCUT2D eigenvalue weighted by molar-refractivity contribution is 6.30. The lowest BCUT2D eigenvalue weighted by Gasteiger charge is -2.20. The molecule has 144 valence electrons. The molecule has 0 spiro atoms. The van der Waals surface area contributed by atoms with Crippen molar-refractivity contribution in [1.29, 1.82) is 0 Å². The fourth-order valence-electron chi connectivity index (χ4n) is 3.22. The van der Waals surface area contributed by atoms with Gasteiger partial charge in [-0.05, 0) is 41.0 Å². The van der Waals surface area contributed by atoms with Crippen LogP contribution in [0.3, 0.4) is 0 Å². The Balaban J connectivity index is 1.52. The second kappa shape index (κ2) is 8.76. The molecule has 4 nitrogen and oxygen atoms in total. The van der Waals surface area contributed by atoms with Crippen LogP contribution in [0.25, 0.3) is 11.1 Å². The largest absolute Gasteiger partial charge is 0.343 e. The Morgan fingerprint density at radius 2 is 1.59 bits per heavy atom. The minimum Gasteiger partial charge on any atom is -0.343 e. The molecule has 0 aliphatic heterocycles. The number of hydrogen-bond acceptors (Lipinski definition) is 2. The van der Waals surface area contributed by atoms with Gasteiger partial charge in [0, 0.05) is 29.5 Å². The monoisotopic (exact) mass is 401 g/mol. The van der Waals surface area contributed by atoms with Crippen molar-refractivity contribution < 1.29 is 4.79 Å². The SMILES string of the molecule is O=C(N[C@H](Cn1ccnc1)c1ccccc1)c1ccc(-c2ccc(Cl)cc2)cc1. The highest BCUT2D eigenvalue weighted by atomic mass is 35.5. The molecule has 0 radical (unpaired) electrons. The first-order valence-electron chi connectivity index (χ1n) is 9.36. The molecule has 1 heterocycles. The third-order valence-corrected chi connectivity index (χ3v) is 5.04. The molecule has 0 saturated heterocycles. The molecule has 0 unspecified atom stereocenters. The van der Waals surface area contributed by atoms with Gasteiger partial charge >= 0.3 is 0 Å². The van der Waals surface area contributed by atoms with Crippen LogP contribution < -0.4 is 5.32 Å². The number of benzene rings is 3. The minimum atomic E-state index is -0.158. The van der Waals surface area contributed by atoms with E-state index in [1.807, 2.05) is 89.6 Å². The van der Waals surface area contributed by atoms with Crippen molar-refractivity contribution in [1.82, 2.24) is 14.9 Å². The minimum absolute atomic E-state index is 0.110. The van der Waals surface area contributed by atoms with Gasteiger partial charge in [-0.25, -0.2) is 4.98 Å². The number of aromatic nitrogens is 2. The van der Waals surface area contributed by atoms with E-state index in [4.69, 9.17) is 11.6 Å². The Bertz CT molecular complexity index is 1060. The van der Waals surface area contributed by atoms with Gasteiger partial charge in [-0.3, -0.25) is 4.79 Å². The van der Waals surface area contributed by atoms with E-state index < -0.39 is 0 Å². The topological polar surface area (TPSA) is 46.9 Å². The van der Waals surface area contributed by atoms with Crippen LogP contribution in [0.5, 0.6) is 0 Å². The molecule has 0 bridgehead atoms. The number of imidazole rings is 1. The maximum Gasteiger partial charge on any atom is 0.251 e. The van der Waals surface area contributed by atoms with Crippen LogP contribution in [0.2, 0.25) is 5.02 Å². The number of carbonyl (C=O) groups is 1. The van der Waals surface area contributed by atoms with Crippen molar-refractivity contribution in [3.05, 3.63) is 114 Å². The van der Waals surface area contributed by atoms with E-state index in [0.717, 1.165) is 16.7 Å². The van der Waals surface area contributed by atoms with Crippen LogP contribution in [-0.2, 0) is 6.54 Å². The number of nitrogens with zero attached hydrogens (tertiary/aromatic N) is 2. The van der Waals surface area contributed by atoms with Crippen molar-refractivity contribution in [3.8, 4) is 11.1 Å². The maximum absolute atomic E-state index is 12.9. The van der Waals surface area contributed by atoms with E-state index in [-0.39, 0.29) is 11.9 Å². The van der Waals surface area contributed by atoms with Gasteiger partial charge in [-0.1, -0.05) is 66.2 Å². The fourth-order valence-corrected chi connectivity index (χ4v) is 3.35. The first kappa shape index (κ1) is 19.0. The number of amides is 1. The summed E-state index contributed by atoms with van der Waals surface area (Å²) < 4.78 is 1.96. The highest BCUT2D eigenvalue weighted by Gasteiger charge is 2.16. The van der Waals surface area contributed by atoms with Crippen molar-refractivity contribution in [2.45, 2.75) is 12.6 Å². The van der Waals surface area contributed by atoms with Crippen molar-refractivity contribution in [2.75, 3.05) is 0 Å². The second-order valence-electron chi connectivity index (χ2n) is 6.78. The molecule has 1 aromatic heterocycles. The fraction of sp³-hybridized carbons (Fsp3) is 0.0833. The van der Waals surface area contributed by atoms with E-state index in [0.29, 0.717) is 17.1 Å². The molecule has 0 aliphatic rings. The normalized spacial score (nSPS) is 11.8. The lowest BCUT2D eigenvalue weighted by molar-refractivity contribution is 0.0932. The van der Waals surface area contributed by atoms with Gasteiger partial charge in [0.05, 0.1) is 12.4 Å². The zero-order chi connectivity index (χ0) is 20.1. The van der Waals surface area contributed by atoms with Gasteiger partial charge in [0.2, 0.25) is 0 Å². The van der Waals surface area contributed by atoms with Crippen molar-refractivity contribution in [3.63, 3.8) is 0 Å². The number of carbonyl (C=O) groups excluding carboxylic acids is 1. The summed E-state index contributed by atoms with van der Waals surface area (Å²) in [6.07, 6.45) is 5.38. The molecule has 4 aromatic rings. The molecular weight excluding hydrogens is 382 g/mol. The molecule has 1 N–H and O–H groups in total. The molecule has 5 heteroatoms. The predicted molar refractivity (Wildman–Crippen MR) is 116 cm³/mol. The third-order valence-electron chi connectivity index (χ3n) is 4.78. The average Bonchev–Trinajstić information content (AvgIpc) is 3.28. The van der Waals surface area contributed by atoms with E-state index >= 15 is 0 Å². The van der Waals surface area contributed by atoms with E-state index in [2.05, 4.69) is 10.3 Å². The van der Waals surface area contributed by atoms with E-state index in [9.17, 15) is 4.79 Å². The standard InChI is InChI=1S/C24H20ClN3O/c25-22-12-10-19(11-13-22)18-6-8-21(9-7-18)24(29)27-23(16-28-15-14-26-17-28)20-4-2-1-3-5-20/h1-15,17,23H,16H2,(H,27,29)/t23-/m1/s1. The summed E-state index contributed by atoms with van der Waals surface area (Å²) in [6, 6.07) is 25.0. The molecule has 3 aromatic carbocycles. The Hall–Kier alpha value is -3.37. The molecule has 4 rings (SSSR count). The lowest BCUT2D eigenvalue weighted by atomic mass is 10.0. The number of nitrogens with one attached hydrogen (secondary N) is 1. The number of rotatable bonds is 6. The molecule has 1 amide bonds. The molecule has 1 atom stereocenters. The molecule has 0 fully saturated rings. The number of halogens is 1. The van der Waals surface area contributed by atoms with E-state index in [1.165, 1.54) is 0 Å². The smallest absolute Gasteiger partial charge is 0.251 e. The van der Waals surface area contributed by atoms with Gasteiger partial charge in [-0.2, -0.15) is 0 Å². The Morgan fingerprint density at radius 3 is 2.21 bits per heavy atom. The average molecular weight is 402 g/mol. The molecule has 0 aliphatic carbocycles. The number of hydrogen-bond donors (Lipinski definition) is 1. The highest BCUT2D eigenvalue weighted by Crippen LogP contribution is 2.22. The first-order chi connectivity index (χ1) is 14.2.